The molecule has 0 aliphatic carbocycles. The third-order valence-electron chi connectivity index (χ3n) is 3.93. The predicted molar refractivity (Wildman–Crippen MR) is 111 cm³/mol. The van der Waals surface area contributed by atoms with Crippen LogP contribution in [0.15, 0.2) is 53.4 Å². The second-order valence-electron chi connectivity index (χ2n) is 6.24. The molecule has 2 rings (SSSR count). The summed E-state index contributed by atoms with van der Waals surface area (Å²) < 4.78 is 25.6. The average Bonchev–Trinajstić information content (AvgIpc) is 2.62. The Morgan fingerprint density at radius 1 is 1.19 bits per heavy atom. The molecule has 2 aromatic carbocycles. The van der Waals surface area contributed by atoms with Gasteiger partial charge in [0.05, 0.1) is 16.7 Å². The number of amides is 1. The standard InChI is InChI=1S/C19H23ClN2O3S2/c1-14(17-9-4-5-10-18(17)20)21-19(23)13-26-12-15-7-6-8-16(11-15)27(24,25)22(2)3/h4-11,14H,12-13H2,1-3H3,(H,21,23). The van der Waals surface area contributed by atoms with Gasteiger partial charge in [-0.05, 0) is 36.2 Å². The normalized spacial score (nSPS) is 12.8. The van der Waals surface area contributed by atoms with Crippen LogP contribution < -0.4 is 5.32 Å². The molecule has 0 bridgehead atoms. The molecule has 1 amide bonds. The van der Waals surface area contributed by atoms with Crippen molar-refractivity contribution in [2.75, 3.05) is 19.8 Å². The van der Waals surface area contributed by atoms with Crippen molar-refractivity contribution < 1.29 is 13.2 Å². The molecule has 0 radical (unpaired) electrons. The largest absolute Gasteiger partial charge is 0.349 e. The summed E-state index contributed by atoms with van der Waals surface area (Å²) in [6, 6.07) is 14.0. The molecule has 0 aliphatic rings. The van der Waals surface area contributed by atoms with Crippen LogP contribution in [-0.4, -0.2) is 38.5 Å². The lowest BCUT2D eigenvalue weighted by Crippen LogP contribution is -2.28. The van der Waals surface area contributed by atoms with E-state index in [1.54, 1.807) is 24.3 Å². The number of hydrogen-bond donors (Lipinski definition) is 1. The molecule has 0 aromatic heterocycles. The molecular formula is C19H23ClN2O3S2. The molecule has 8 heteroatoms. The number of rotatable bonds is 8. The summed E-state index contributed by atoms with van der Waals surface area (Å²) in [5.74, 6) is 0.730. The van der Waals surface area contributed by atoms with Gasteiger partial charge in [-0.3, -0.25) is 4.79 Å². The summed E-state index contributed by atoms with van der Waals surface area (Å²) >= 11 is 7.58. The Labute approximate surface area is 170 Å². The highest BCUT2D eigenvalue weighted by atomic mass is 35.5. The lowest BCUT2D eigenvalue weighted by Gasteiger charge is -2.15. The molecule has 1 N–H and O–H groups in total. The molecule has 1 unspecified atom stereocenters. The van der Waals surface area contributed by atoms with E-state index in [2.05, 4.69) is 5.32 Å². The first-order valence-corrected chi connectivity index (χ1v) is 11.3. The Morgan fingerprint density at radius 3 is 2.56 bits per heavy atom. The van der Waals surface area contributed by atoms with Crippen LogP contribution in [0.1, 0.15) is 24.1 Å². The second-order valence-corrected chi connectivity index (χ2v) is 9.78. The van der Waals surface area contributed by atoms with E-state index >= 15 is 0 Å². The molecule has 5 nitrogen and oxygen atoms in total. The Hall–Kier alpha value is -1.54. The SMILES string of the molecule is CC(NC(=O)CSCc1cccc(S(=O)(=O)N(C)C)c1)c1ccccc1Cl. The smallest absolute Gasteiger partial charge is 0.242 e. The molecule has 0 spiro atoms. The summed E-state index contributed by atoms with van der Waals surface area (Å²) in [4.78, 5) is 12.4. The maximum atomic E-state index is 12.2. The van der Waals surface area contributed by atoms with Gasteiger partial charge >= 0.3 is 0 Å². The lowest BCUT2D eigenvalue weighted by molar-refractivity contribution is -0.119. The first-order chi connectivity index (χ1) is 12.7. The number of carbonyl (C=O) groups is 1. The van der Waals surface area contributed by atoms with Crippen molar-refractivity contribution in [2.45, 2.75) is 23.6 Å². The quantitative estimate of drug-likeness (QED) is 0.698. The average molecular weight is 427 g/mol. The Balaban J connectivity index is 1.89. The molecule has 0 heterocycles. The van der Waals surface area contributed by atoms with E-state index < -0.39 is 10.0 Å². The number of halogens is 1. The highest BCUT2D eigenvalue weighted by Gasteiger charge is 2.17. The van der Waals surface area contributed by atoms with Crippen LogP contribution in [0.3, 0.4) is 0 Å². The van der Waals surface area contributed by atoms with E-state index in [4.69, 9.17) is 11.6 Å². The third kappa shape index (κ3) is 5.97. The van der Waals surface area contributed by atoms with Gasteiger partial charge in [-0.25, -0.2) is 12.7 Å². The first kappa shape index (κ1) is 21.8. The number of sulfonamides is 1. The minimum atomic E-state index is -3.46. The lowest BCUT2D eigenvalue weighted by atomic mass is 10.1. The molecule has 27 heavy (non-hydrogen) atoms. The van der Waals surface area contributed by atoms with E-state index in [0.29, 0.717) is 10.8 Å². The van der Waals surface area contributed by atoms with Crippen LogP contribution in [0.5, 0.6) is 0 Å². The van der Waals surface area contributed by atoms with Gasteiger partial charge in [-0.1, -0.05) is 41.9 Å². The summed E-state index contributed by atoms with van der Waals surface area (Å²) in [7, 11) is -0.457. The monoisotopic (exact) mass is 426 g/mol. The molecule has 0 aliphatic heterocycles. The van der Waals surface area contributed by atoms with E-state index in [9.17, 15) is 13.2 Å². The predicted octanol–water partition coefficient (Wildman–Crippen LogP) is 3.70. The highest BCUT2D eigenvalue weighted by Crippen LogP contribution is 2.23. The first-order valence-electron chi connectivity index (χ1n) is 8.35. The van der Waals surface area contributed by atoms with Crippen LogP contribution in [-0.2, 0) is 20.6 Å². The summed E-state index contributed by atoms with van der Waals surface area (Å²) in [5, 5.41) is 3.55. The van der Waals surface area contributed by atoms with E-state index in [1.165, 1.54) is 30.2 Å². The van der Waals surface area contributed by atoms with Gasteiger partial charge in [0.15, 0.2) is 0 Å². The van der Waals surface area contributed by atoms with E-state index in [-0.39, 0.29) is 22.6 Å². The van der Waals surface area contributed by atoms with Crippen molar-refractivity contribution in [2.24, 2.45) is 0 Å². The molecule has 0 saturated carbocycles. The van der Waals surface area contributed by atoms with Crippen LogP contribution >= 0.6 is 23.4 Å². The fourth-order valence-electron chi connectivity index (χ4n) is 2.46. The zero-order chi connectivity index (χ0) is 20.0. The van der Waals surface area contributed by atoms with Crippen molar-refractivity contribution in [3.63, 3.8) is 0 Å². The van der Waals surface area contributed by atoms with Gasteiger partial charge in [-0.2, -0.15) is 0 Å². The van der Waals surface area contributed by atoms with E-state index in [0.717, 1.165) is 11.1 Å². The molecule has 0 fully saturated rings. The third-order valence-corrected chi connectivity index (χ3v) is 7.09. The summed E-state index contributed by atoms with van der Waals surface area (Å²) in [6.07, 6.45) is 0. The van der Waals surface area contributed by atoms with Gasteiger partial charge < -0.3 is 5.32 Å². The van der Waals surface area contributed by atoms with Crippen molar-refractivity contribution in [1.29, 1.82) is 0 Å². The number of thioether (sulfide) groups is 1. The zero-order valence-electron chi connectivity index (χ0n) is 15.5. The molecular weight excluding hydrogens is 404 g/mol. The van der Waals surface area contributed by atoms with Gasteiger partial charge in [-0.15, -0.1) is 11.8 Å². The van der Waals surface area contributed by atoms with Crippen LogP contribution in [0.4, 0.5) is 0 Å². The highest BCUT2D eigenvalue weighted by molar-refractivity contribution is 7.99. The van der Waals surface area contributed by atoms with Gasteiger partial charge in [0.2, 0.25) is 15.9 Å². The fraction of sp³-hybridized carbons (Fsp3) is 0.316. The van der Waals surface area contributed by atoms with Gasteiger partial charge in [0.1, 0.15) is 0 Å². The fourth-order valence-corrected chi connectivity index (χ4v) is 4.51. The van der Waals surface area contributed by atoms with Crippen molar-refractivity contribution in [3.8, 4) is 0 Å². The molecule has 146 valence electrons. The van der Waals surface area contributed by atoms with Crippen molar-refractivity contribution >= 4 is 39.3 Å². The Kier molecular flexibility index (Phi) is 7.73. The number of nitrogens with zero attached hydrogens (tertiary/aromatic N) is 1. The van der Waals surface area contributed by atoms with Crippen LogP contribution in [0, 0.1) is 0 Å². The Bertz CT molecular complexity index is 901. The van der Waals surface area contributed by atoms with Gasteiger partial charge in [0.25, 0.3) is 0 Å². The Morgan fingerprint density at radius 2 is 1.89 bits per heavy atom. The number of benzene rings is 2. The molecule has 1 atom stereocenters. The van der Waals surface area contributed by atoms with Crippen LogP contribution in [0.2, 0.25) is 5.02 Å². The molecule has 0 saturated heterocycles. The number of hydrogen-bond acceptors (Lipinski definition) is 4. The maximum absolute atomic E-state index is 12.2. The minimum Gasteiger partial charge on any atom is -0.349 e. The zero-order valence-corrected chi connectivity index (χ0v) is 17.9. The summed E-state index contributed by atoms with van der Waals surface area (Å²) in [5.41, 5.74) is 1.73. The maximum Gasteiger partial charge on any atom is 0.242 e. The topological polar surface area (TPSA) is 66.5 Å². The van der Waals surface area contributed by atoms with Gasteiger partial charge in [0, 0.05) is 24.9 Å². The second kappa shape index (κ2) is 9.59. The minimum absolute atomic E-state index is 0.0931. The number of carbonyl (C=O) groups excluding carboxylic acids is 1. The molecule has 2 aromatic rings. The van der Waals surface area contributed by atoms with Crippen molar-refractivity contribution in [1.82, 2.24) is 9.62 Å². The number of nitrogens with one attached hydrogen (secondary N) is 1. The summed E-state index contributed by atoms with van der Waals surface area (Å²) in [6.45, 7) is 1.89. The van der Waals surface area contributed by atoms with E-state index in [1.807, 2.05) is 31.2 Å². The van der Waals surface area contributed by atoms with Crippen LogP contribution in [0.25, 0.3) is 0 Å². The van der Waals surface area contributed by atoms with Crippen molar-refractivity contribution in [3.05, 3.63) is 64.7 Å².